The molecular weight excluding hydrogens is 369 g/mol. The van der Waals surface area contributed by atoms with Crippen molar-refractivity contribution in [1.29, 1.82) is 0 Å². The highest BCUT2D eigenvalue weighted by atomic mass is 19.1. The largest absolute Gasteiger partial charge is 0.444 e. The van der Waals surface area contributed by atoms with Crippen molar-refractivity contribution in [2.75, 3.05) is 13.6 Å². The van der Waals surface area contributed by atoms with E-state index in [0.29, 0.717) is 24.9 Å². The first-order valence-corrected chi connectivity index (χ1v) is 9.43. The number of hydrogen-bond donors (Lipinski definition) is 3. The Balaban J connectivity index is 1.30. The molecule has 3 N–H and O–H groups in total. The predicted molar refractivity (Wildman–Crippen MR) is 112 cm³/mol. The van der Waals surface area contributed by atoms with Crippen LogP contribution in [0.4, 0.5) is 4.39 Å². The van der Waals surface area contributed by atoms with Gasteiger partial charge in [0.25, 0.3) is 0 Å². The SMILES string of the molecule is CN=C(NCCc1c[nH]c2ccc(F)cc12)NCc1coc(-c2ccccc2)n1. The van der Waals surface area contributed by atoms with E-state index in [-0.39, 0.29) is 5.82 Å². The maximum atomic E-state index is 13.5. The van der Waals surface area contributed by atoms with Crippen LogP contribution in [0, 0.1) is 5.82 Å². The lowest BCUT2D eigenvalue weighted by Crippen LogP contribution is -2.37. The monoisotopic (exact) mass is 391 g/mol. The third-order valence-electron chi connectivity index (χ3n) is 4.65. The molecule has 0 aliphatic heterocycles. The van der Waals surface area contributed by atoms with Crippen LogP contribution in [0.25, 0.3) is 22.4 Å². The predicted octanol–water partition coefficient (Wildman–Crippen LogP) is 3.87. The average molecular weight is 391 g/mol. The van der Waals surface area contributed by atoms with E-state index in [0.717, 1.165) is 34.1 Å². The van der Waals surface area contributed by atoms with Crippen LogP contribution in [0.2, 0.25) is 0 Å². The summed E-state index contributed by atoms with van der Waals surface area (Å²) in [6.45, 7) is 1.16. The van der Waals surface area contributed by atoms with Gasteiger partial charge in [0.2, 0.25) is 5.89 Å². The molecule has 6 nitrogen and oxygen atoms in total. The van der Waals surface area contributed by atoms with Gasteiger partial charge in [0.15, 0.2) is 5.96 Å². The van der Waals surface area contributed by atoms with Crippen molar-refractivity contribution in [3.05, 3.63) is 78.1 Å². The first kappa shape index (κ1) is 18.7. The highest BCUT2D eigenvalue weighted by Crippen LogP contribution is 2.20. The normalized spacial score (nSPS) is 11.7. The molecule has 0 aliphatic rings. The topological polar surface area (TPSA) is 78.2 Å². The molecule has 4 aromatic rings. The van der Waals surface area contributed by atoms with Gasteiger partial charge in [-0.25, -0.2) is 9.37 Å². The quantitative estimate of drug-likeness (QED) is 0.344. The Morgan fingerprint density at radius 1 is 1.17 bits per heavy atom. The molecule has 2 heterocycles. The second-order valence-electron chi connectivity index (χ2n) is 6.62. The number of aliphatic imine (C=N–C) groups is 1. The number of nitrogens with zero attached hydrogens (tertiary/aromatic N) is 2. The average Bonchev–Trinajstić information content (AvgIpc) is 3.38. The zero-order valence-electron chi connectivity index (χ0n) is 16.1. The molecule has 4 rings (SSSR count). The van der Waals surface area contributed by atoms with Crippen molar-refractivity contribution in [3.8, 4) is 11.5 Å². The highest BCUT2D eigenvalue weighted by molar-refractivity contribution is 5.83. The molecule has 0 spiro atoms. The Morgan fingerprint density at radius 2 is 2.03 bits per heavy atom. The Hall–Kier alpha value is -3.61. The molecule has 0 saturated carbocycles. The summed E-state index contributed by atoms with van der Waals surface area (Å²) in [5, 5.41) is 7.40. The highest BCUT2D eigenvalue weighted by Gasteiger charge is 2.08. The number of rotatable bonds is 6. The molecule has 0 fully saturated rings. The number of aromatic nitrogens is 2. The van der Waals surface area contributed by atoms with Crippen molar-refractivity contribution in [1.82, 2.24) is 20.6 Å². The van der Waals surface area contributed by atoms with Gasteiger partial charge in [0.05, 0.1) is 12.2 Å². The van der Waals surface area contributed by atoms with Gasteiger partial charge in [0.1, 0.15) is 12.1 Å². The van der Waals surface area contributed by atoms with E-state index in [9.17, 15) is 4.39 Å². The fourth-order valence-electron chi connectivity index (χ4n) is 3.17. The molecule has 2 aromatic carbocycles. The third kappa shape index (κ3) is 4.45. The number of guanidine groups is 1. The molecular formula is C22H22FN5O. The van der Waals surface area contributed by atoms with Crippen LogP contribution < -0.4 is 10.6 Å². The Labute approximate surface area is 167 Å². The minimum atomic E-state index is -0.230. The molecule has 0 radical (unpaired) electrons. The lowest BCUT2D eigenvalue weighted by Gasteiger charge is -2.10. The van der Waals surface area contributed by atoms with E-state index < -0.39 is 0 Å². The maximum absolute atomic E-state index is 13.5. The standard InChI is InChI=1S/C22H22FN5O/c1-24-22(25-10-9-16-12-26-20-8-7-17(23)11-19(16)20)27-13-18-14-29-21(28-18)15-5-3-2-4-6-15/h2-8,11-12,14,26H,9-10,13H2,1H3,(H2,24,25,27). The van der Waals surface area contributed by atoms with E-state index >= 15 is 0 Å². The summed E-state index contributed by atoms with van der Waals surface area (Å²) in [4.78, 5) is 11.9. The summed E-state index contributed by atoms with van der Waals surface area (Å²) in [6, 6.07) is 14.5. The molecule has 0 aliphatic carbocycles. The zero-order valence-corrected chi connectivity index (χ0v) is 16.1. The van der Waals surface area contributed by atoms with Crippen LogP contribution in [-0.2, 0) is 13.0 Å². The summed E-state index contributed by atoms with van der Waals surface area (Å²) >= 11 is 0. The van der Waals surface area contributed by atoms with Crippen molar-refractivity contribution in [3.63, 3.8) is 0 Å². The molecule has 29 heavy (non-hydrogen) atoms. The second-order valence-corrected chi connectivity index (χ2v) is 6.62. The molecule has 0 amide bonds. The van der Waals surface area contributed by atoms with Crippen LogP contribution in [0.1, 0.15) is 11.3 Å². The zero-order chi connectivity index (χ0) is 20.1. The number of aromatic amines is 1. The van der Waals surface area contributed by atoms with Gasteiger partial charge in [0, 0.05) is 36.3 Å². The smallest absolute Gasteiger partial charge is 0.226 e. The van der Waals surface area contributed by atoms with E-state index in [1.54, 1.807) is 25.4 Å². The number of benzene rings is 2. The van der Waals surface area contributed by atoms with Gasteiger partial charge in [-0.2, -0.15) is 0 Å². The van der Waals surface area contributed by atoms with Crippen LogP contribution in [-0.4, -0.2) is 29.5 Å². The molecule has 0 atom stereocenters. The Morgan fingerprint density at radius 3 is 2.86 bits per heavy atom. The van der Waals surface area contributed by atoms with Crippen molar-refractivity contribution < 1.29 is 8.81 Å². The second kappa shape index (κ2) is 8.60. The summed E-state index contributed by atoms with van der Waals surface area (Å²) in [5.74, 6) is 1.03. The first-order valence-electron chi connectivity index (χ1n) is 9.43. The first-order chi connectivity index (χ1) is 14.2. The Kier molecular flexibility index (Phi) is 5.56. The summed E-state index contributed by atoms with van der Waals surface area (Å²) < 4.78 is 19.1. The van der Waals surface area contributed by atoms with E-state index in [2.05, 4.69) is 25.6 Å². The Bertz CT molecular complexity index is 1120. The summed E-state index contributed by atoms with van der Waals surface area (Å²) in [7, 11) is 1.72. The van der Waals surface area contributed by atoms with Crippen LogP contribution in [0.15, 0.2) is 70.4 Å². The van der Waals surface area contributed by atoms with Crippen LogP contribution in [0.5, 0.6) is 0 Å². The van der Waals surface area contributed by atoms with Crippen molar-refractivity contribution in [2.24, 2.45) is 4.99 Å². The van der Waals surface area contributed by atoms with E-state index in [4.69, 9.17) is 4.42 Å². The number of nitrogens with one attached hydrogen (secondary N) is 3. The molecule has 148 valence electrons. The van der Waals surface area contributed by atoms with E-state index in [1.807, 2.05) is 36.5 Å². The molecule has 0 bridgehead atoms. The number of oxazole rings is 1. The third-order valence-corrected chi connectivity index (χ3v) is 4.65. The van der Waals surface area contributed by atoms with E-state index in [1.165, 1.54) is 6.07 Å². The van der Waals surface area contributed by atoms with Gasteiger partial charge < -0.3 is 20.0 Å². The van der Waals surface area contributed by atoms with Crippen molar-refractivity contribution >= 4 is 16.9 Å². The van der Waals surface area contributed by atoms with Crippen molar-refractivity contribution in [2.45, 2.75) is 13.0 Å². The lowest BCUT2D eigenvalue weighted by atomic mass is 10.1. The van der Waals surface area contributed by atoms with Gasteiger partial charge >= 0.3 is 0 Å². The molecule has 7 heteroatoms. The maximum Gasteiger partial charge on any atom is 0.226 e. The minimum absolute atomic E-state index is 0.230. The minimum Gasteiger partial charge on any atom is -0.444 e. The van der Waals surface area contributed by atoms with Gasteiger partial charge in [-0.1, -0.05) is 18.2 Å². The summed E-state index contributed by atoms with van der Waals surface area (Å²) in [5.41, 5.74) is 3.73. The van der Waals surface area contributed by atoms with Gasteiger partial charge in [-0.15, -0.1) is 0 Å². The number of halogens is 1. The lowest BCUT2D eigenvalue weighted by molar-refractivity contribution is 0.572. The molecule has 0 saturated heterocycles. The fraction of sp³-hybridized carbons (Fsp3) is 0.182. The molecule has 2 aromatic heterocycles. The van der Waals surface area contributed by atoms with Crippen LogP contribution in [0.3, 0.4) is 0 Å². The number of hydrogen-bond acceptors (Lipinski definition) is 3. The fourth-order valence-corrected chi connectivity index (χ4v) is 3.17. The molecule has 0 unspecified atom stereocenters. The number of fused-ring (bicyclic) bond motifs is 1. The summed E-state index contributed by atoms with van der Waals surface area (Å²) in [6.07, 6.45) is 4.30. The number of H-pyrrole nitrogens is 1. The van der Waals surface area contributed by atoms with Gasteiger partial charge in [-0.3, -0.25) is 4.99 Å². The van der Waals surface area contributed by atoms with Gasteiger partial charge in [-0.05, 0) is 42.3 Å². The van der Waals surface area contributed by atoms with Crippen LogP contribution >= 0.6 is 0 Å².